The number of hydrogen-bond acceptors (Lipinski definition) is 4. The second-order valence-corrected chi connectivity index (χ2v) is 6.52. The van der Waals surface area contributed by atoms with Gasteiger partial charge in [-0.2, -0.15) is 0 Å². The van der Waals surface area contributed by atoms with E-state index in [1.165, 1.54) is 5.56 Å². The summed E-state index contributed by atoms with van der Waals surface area (Å²) in [6, 6.07) is 12.5. The monoisotopic (exact) mass is 324 g/mol. The van der Waals surface area contributed by atoms with E-state index in [1.807, 2.05) is 12.1 Å². The number of anilines is 1. The van der Waals surface area contributed by atoms with Crippen molar-refractivity contribution in [3.8, 4) is 17.1 Å². The number of benzene rings is 1. The summed E-state index contributed by atoms with van der Waals surface area (Å²) >= 11 is 0. The summed E-state index contributed by atoms with van der Waals surface area (Å²) in [5.41, 5.74) is 4.37. The van der Waals surface area contributed by atoms with Gasteiger partial charge in [-0.3, -0.25) is 4.79 Å². The van der Waals surface area contributed by atoms with E-state index in [4.69, 9.17) is 4.74 Å². The van der Waals surface area contributed by atoms with Gasteiger partial charge in [-0.05, 0) is 17.5 Å². The molecule has 126 valence electrons. The second-order valence-electron chi connectivity index (χ2n) is 6.52. The predicted octanol–water partition coefficient (Wildman–Crippen LogP) is 4.05. The molecule has 0 N–H and O–H groups in total. The number of methoxy groups -OCH3 is 1. The Balaban J connectivity index is 1.99. The third kappa shape index (κ3) is 3.42. The highest BCUT2D eigenvalue weighted by atomic mass is 16.5. The van der Waals surface area contributed by atoms with Gasteiger partial charge >= 0.3 is 0 Å². The van der Waals surface area contributed by atoms with E-state index >= 15 is 0 Å². The Labute approximate surface area is 143 Å². The van der Waals surface area contributed by atoms with Crippen LogP contribution in [0, 0.1) is 0 Å². The highest BCUT2D eigenvalue weighted by Crippen LogP contribution is 2.33. The van der Waals surface area contributed by atoms with Crippen LogP contribution in [0.5, 0.6) is 5.88 Å². The number of Topliss-reactive ketones (excluding diaryl/α,β-unsaturated/α-hetero) is 1. The molecule has 0 atom stereocenters. The zero-order valence-corrected chi connectivity index (χ0v) is 14.6. The molecule has 0 unspecified atom stereocenters. The largest absolute Gasteiger partial charge is 0.481 e. The van der Waals surface area contributed by atoms with E-state index < -0.39 is 0 Å². The molecule has 1 aromatic carbocycles. The molecule has 1 aliphatic heterocycles. The number of piperidine rings is 1. The van der Waals surface area contributed by atoms with Crippen molar-refractivity contribution in [1.29, 1.82) is 0 Å². The van der Waals surface area contributed by atoms with Gasteiger partial charge in [-0.15, -0.1) is 0 Å². The zero-order chi connectivity index (χ0) is 17.1. The van der Waals surface area contributed by atoms with Crippen molar-refractivity contribution in [2.45, 2.75) is 32.6 Å². The SMILES string of the molecule is COc1ccc(N2CCC(=O)CC2)c(-c2ccc(C(C)C)cc2)n1. The lowest BCUT2D eigenvalue weighted by Crippen LogP contribution is -2.34. The average Bonchev–Trinajstić information content (AvgIpc) is 2.62. The van der Waals surface area contributed by atoms with Crippen molar-refractivity contribution < 1.29 is 9.53 Å². The van der Waals surface area contributed by atoms with E-state index in [0.29, 0.717) is 30.4 Å². The molecule has 0 bridgehead atoms. The van der Waals surface area contributed by atoms with E-state index in [9.17, 15) is 4.79 Å². The van der Waals surface area contributed by atoms with Crippen LogP contribution in [0.15, 0.2) is 36.4 Å². The molecule has 4 heteroatoms. The molecule has 4 nitrogen and oxygen atoms in total. The number of pyridine rings is 1. The second kappa shape index (κ2) is 7.04. The van der Waals surface area contributed by atoms with Gasteiger partial charge in [0.05, 0.1) is 18.5 Å². The van der Waals surface area contributed by atoms with Gasteiger partial charge in [0.25, 0.3) is 0 Å². The van der Waals surface area contributed by atoms with Crippen molar-refractivity contribution in [2.24, 2.45) is 0 Å². The quantitative estimate of drug-likeness (QED) is 0.851. The van der Waals surface area contributed by atoms with Crippen LogP contribution >= 0.6 is 0 Å². The molecule has 1 fully saturated rings. The van der Waals surface area contributed by atoms with Crippen LogP contribution in [0.25, 0.3) is 11.3 Å². The Morgan fingerprint density at radius 1 is 1.04 bits per heavy atom. The molecule has 1 aromatic heterocycles. The predicted molar refractivity (Wildman–Crippen MR) is 96.8 cm³/mol. The first-order chi connectivity index (χ1) is 11.6. The number of nitrogens with zero attached hydrogens (tertiary/aromatic N) is 2. The maximum Gasteiger partial charge on any atom is 0.213 e. The van der Waals surface area contributed by atoms with Crippen molar-refractivity contribution in [3.63, 3.8) is 0 Å². The molecule has 0 spiro atoms. The minimum absolute atomic E-state index is 0.343. The number of ether oxygens (including phenoxy) is 1. The first kappa shape index (κ1) is 16.5. The lowest BCUT2D eigenvalue weighted by Gasteiger charge is -2.29. The molecule has 0 amide bonds. The van der Waals surface area contributed by atoms with Gasteiger partial charge in [-0.25, -0.2) is 4.98 Å². The summed E-state index contributed by atoms with van der Waals surface area (Å²) < 4.78 is 5.31. The smallest absolute Gasteiger partial charge is 0.213 e. The molecule has 1 aliphatic rings. The average molecular weight is 324 g/mol. The van der Waals surface area contributed by atoms with Gasteiger partial charge < -0.3 is 9.64 Å². The molecule has 24 heavy (non-hydrogen) atoms. The molecule has 0 saturated carbocycles. The summed E-state index contributed by atoms with van der Waals surface area (Å²) in [7, 11) is 1.63. The molecule has 3 rings (SSSR count). The topological polar surface area (TPSA) is 42.4 Å². The van der Waals surface area contributed by atoms with Crippen LogP contribution in [-0.4, -0.2) is 31.0 Å². The van der Waals surface area contributed by atoms with Crippen LogP contribution in [0.2, 0.25) is 0 Å². The van der Waals surface area contributed by atoms with Crippen LogP contribution in [-0.2, 0) is 4.79 Å². The van der Waals surface area contributed by atoms with E-state index in [-0.39, 0.29) is 0 Å². The molecular formula is C20H24N2O2. The Morgan fingerprint density at radius 2 is 1.71 bits per heavy atom. The van der Waals surface area contributed by atoms with Crippen LogP contribution < -0.4 is 9.64 Å². The minimum Gasteiger partial charge on any atom is -0.481 e. The number of ketones is 1. The van der Waals surface area contributed by atoms with Crippen molar-refractivity contribution >= 4 is 11.5 Å². The van der Waals surface area contributed by atoms with Gasteiger partial charge in [0.2, 0.25) is 5.88 Å². The molecule has 2 aromatic rings. The van der Waals surface area contributed by atoms with Crippen molar-refractivity contribution in [3.05, 3.63) is 42.0 Å². The maximum atomic E-state index is 11.5. The highest BCUT2D eigenvalue weighted by Gasteiger charge is 2.20. The summed E-state index contributed by atoms with van der Waals surface area (Å²) in [6.07, 6.45) is 1.22. The fraction of sp³-hybridized carbons (Fsp3) is 0.400. The van der Waals surface area contributed by atoms with Gasteiger partial charge in [0.15, 0.2) is 0 Å². The van der Waals surface area contributed by atoms with Gasteiger partial charge in [0, 0.05) is 37.6 Å². The summed E-state index contributed by atoms with van der Waals surface area (Å²) in [6.45, 7) is 5.89. The van der Waals surface area contributed by atoms with E-state index in [0.717, 1.165) is 30.0 Å². The maximum absolute atomic E-state index is 11.5. The first-order valence-corrected chi connectivity index (χ1v) is 8.50. The van der Waals surface area contributed by atoms with E-state index in [1.54, 1.807) is 7.11 Å². The first-order valence-electron chi connectivity index (χ1n) is 8.50. The number of hydrogen-bond donors (Lipinski definition) is 0. The van der Waals surface area contributed by atoms with Gasteiger partial charge in [0.1, 0.15) is 5.78 Å². The molecule has 0 aliphatic carbocycles. The third-order valence-electron chi connectivity index (χ3n) is 4.57. The Hall–Kier alpha value is -2.36. The standard InChI is InChI=1S/C20H24N2O2/c1-14(2)15-4-6-16(7-5-15)20-18(8-9-19(21-20)24-3)22-12-10-17(23)11-13-22/h4-9,14H,10-13H2,1-3H3. The number of rotatable bonds is 4. The fourth-order valence-electron chi connectivity index (χ4n) is 3.04. The lowest BCUT2D eigenvalue weighted by molar-refractivity contribution is -0.119. The molecule has 1 saturated heterocycles. The van der Waals surface area contributed by atoms with Crippen LogP contribution in [0.1, 0.15) is 38.2 Å². The third-order valence-corrected chi connectivity index (χ3v) is 4.57. The Kier molecular flexibility index (Phi) is 4.84. The normalized spacial score (nSPS) is 15.0. The molecule has 0 radical (unpaired) electrons. The minimum atomic E-state index is 0.343. The number of carbonyl (C=O) groups excluding carboxylic acids is 1. The summed E-state index contributed by atoms with van der Waals surface area (Å²) in [5, 5.41) is 0. The van der Waals surface area contributed by atoms with E-state index in [2.05, 4.69) is 48.0 Å². The number of carbonyl (C=O) groups is 1. The molecule has 2 heterocycles. The number of aromatic nitrogens is 1. The zero-order valence-electron chi connectivity index (χ0n) is 14.6. The van der Waals surface area contributed by atoms with Crippen LogP contribution in [0.4, 0.5) is 5.69 Å². The Bertz CT molecular complexity index is 713. The highest BCUT2D eigenvalue weighted by molar-refractivity contribution is 5.83. The fourth-order valence-corrected chi connectivity index (χ4v) is 3.04. The van der Waals surface area contributed by atoms with Crippen molar-refractivity contribution in [2.75, 3.05) is 25.1 Å². The summed E-state index contributed by atoms with van der Waals surface area (Å²) in [4.78, 5) is 18.5. The molecular weight excluding hydrogens is 300 g/mol. The van der Waals surface area contributed by atoms with Crippen molar-refractivity contribution in [1.82, 2.24) is 4.98 Å². The summed E-state index contributed by atoms with van der Waals surface area (Å²) in [5.74, 6) is 1.45. The van der Waals surface area contributed by atoms with Crippen LogP contribution in [0.3, 0.4) is 0 Å². The Morgan fingerprint density at radius 3 is 2.29 bits per heavy atom. The lowest BCUT2D eigenvalue weighted by atomic mass is 9.99. The van der Waals surface area contributed by atoms with Gasteiger partial charge in [-0.1, -0.05) is 38.1 Å².